The molecule has 0 bridgehead atoms. The SMILES string of the molecule is COC(=O)CC(NC(=O)c1ccc(OC)cc1OC)c1ccc(F)cc1. The van der Waals surface area contributed by atoms with Crippen LogP contribution < -0.4 is 14.8 Å². The summed E-state index contributed by atoms with van der Waals surface area (Å²) >= 11 is 0. The molecule has 1 N–H and O–H groups in total. The maximum absolute atomic E-state index is 13.2. The van der Waals surface area contributed by atoms with E-state index in [-0.39, 0.29) is 12.0 Å². The summed E-state index contributed by atoms with van der Waals surface area (Å²) in [6.45, 7) is 0. The Morgan fingerprint density at radius 3 is 2.31 bits per heavy atom. The van der Waals surface area contributed by atoms with Crippen LogP contribution in [0.25, 0.3) is 0 Å². The van der Waals surface area contributed by atoms with Crippen LogP contribution in [0.2, 0.25) is 0 Å². The maximum Gasteiger partial charge on any atom is 0.307 e. The van der Waals surface area contributed by atoms with Gasteiger partial charge < -0.3 is 19.5 Å². The average molecular weight is 361 g/mol. The number of hydrogen-bond donors (Lipinski definition) is 1. The maximum atomic E-state index is 13.2. The molecule has 2 rings (SSSR count). The number of nitrogens with one attached hydrogen (secondary N) is 1. The van der Waals surface area contributed by atoms with Crippen molar-refractivity contribution in [2.24, 2.45) is 0 Å². The summed E-state index contributed by atoms with van der Waals surface area (Å²) in [6.07, 6.45) is -0.0909. The Kier molecular flexibility index (Phi) is 6.54. The Morgan fingerprint density at radius 1 is 1.04 bits per heavy atom. The molecule has 0 aliphatic rings. The molecule has 0 saturated carbocycles. The standard InChI is InChI=1S/C19H20FNO5/c1-24-14-8-9-15(17(10-14)25-2)19(23)21-16(11-18(22)26-3)12-4-6-13(20)7-5-12/h4-10,16H,11H2,1-3H3,(H,21,23). The number of benzene rings is 2. The van der Waals surface area contributed by atoms with Crippen LogP contribution in [-0.2, 0) is 9.53 Å². The topological polar surface area (TPSA) is 73.9 Å². The number of carbonyl (C=O) groups is 2. The zero-order chi connectivity index (χ0) is 19.1. The minimum atomic E-state index is -0.678. The van der Waals surface area contributed by atoms with Crippen LogP contribution >= 0.6 is 0 Å². The summed E-state index contributed by atoms with van der Waals surface area (Å²) in [5, 5.41) is 2.76. The third kappa shape index (κ3) is 4.72. The van der Waals surface area contributed by atoms with Gasteiger partial charge in [0.15, 0.2) is 0 Å². The second-order valence-corrected chi connectivity index (χ2v) is 5.42. The monoisotopic (exact) mass is 361 g/mol. The molecular formula is C19H20FNO5. The van der Waals surface area contributed by atoms with Gasteiger partial charge in [-0.1, -0.05) is 12.1 Å². The Morgan fingerprint density at radius 2 is 1.73 bits per heavy atom. The normalized spacial score (nSPS) is 11.4. The number of ether oxygens (including phenoxy) is 3. The molecular weight excluding hydrogens is 341 g/mol. The molecule has 2 aromatic carbocycles. The van der Waals surface area contributed by atoms with Crippen molar-refractivity contribution in [1.29, 1.82) is 0 Å². The first kappa shape index (κ1) is 19.2. The van der Waals surface area contributed by atoms with Gasteiger partial charge in [0.2, 0.25) is 0 Å². The molecule has 2 aromatic rings. The van der Waals surface area contributed by atoms with E-state index in [2.05, 4.69) is 10.1 Å². The Hall–Kier alpha value is -3.09. The van der Waals surface area contributed by atoms with E-state index >= 15 is 0 Å². The number of halogens is 1. The number of rotatable bonds is 7. The Balaban J connectivity index is 2.28. The van der Waals surface area contributed by atoms with E-state index in [1.165, 1.54) is 45.6 Å². The highest BCUT2D eigenvalue weighted by Crippen LogP contribution is 2.26. The molecule has 1 unspecified atom stereocenters. The number of amides is 1. The number of esters is 1. The minimum Gasteiger partial charge on any atom is -0.497 e. The highest BCUT2D eigenvalue weighted by molar-refractivity contribution is 5.97. The number of hydrogen-bond acceptors (Lipinski definition) is 5. The van der Waals surface area contributed by atoms with E-state index < -0.39 is 23.7 Å². The third-order valence-electron chi connectivity index (χ3n) is 3.83. The first-order chi connectivity index (χ1) is 12.5. The minimum absolute atomic E-state index is 0.0909. The molecule has 138 valence electrons. The van der Waals surface area contributed by atoms with Crippen molar-refractivity contribution in [3.8, 4) is 11.5 Å². The van der Waals surface area contributed by atoms with E-state index in [0.717, 1.165) is 0 Å². The predicted octanol–water partition coefficient (Wildman–Crippen LogP) is 2.88. The molecule has 0 heterocycles. The number of carbonyl (C=O) groups excluding carboxylic acids is 2. The summed E-state index contributed by atoms with van der Waals surface area (Å²) < 4.78 is 28.2. The van der Waals surface area contributed by atoms with Gasteiger partial charge in [0.1, 0.15) is 17.3 Å². The molecule has 1 atom stereocenters. The van der Waals surface area contributed by atoms with Crippen LogP contribution in [0.4, 0.5) is 4.39 Å². The zero-order valence-corrected chi connectivity index (χ0v) is 14.7. The lowest BCUT2D eigenvalue weighted by atomic mass is 10.0. The van der Waals surface area contributed by atoms with Crippen LogP contribution in [0.5, 0.6) is 11.5 Å². The molecule has 0 fully saturated rings. The lowest BCUT2D eigenvalue weighted by Crippen LogP contribution is -2.30. The van der Waals surface area contributed by atoms with E-state index in [1.807, 2.05) is 0 Å². The van der Waals surface area contributed by atoms with Crippen LogP contribution in [0.1, 0.15) is 28.4 Å². The van der Waals surface area contributed by atoms with E-state index in [1.54, 1.807) is 18.2 Å². The fraction of sp³-hybridized carbons (Fsp3) is 0.263. The van der Waals surface area contributed by atoms with Crippen molar-refractivity contribution in [2.45, 2.75) is 12.5 Å². The van der Waals surface area contributed by atoms with Gasteiger partial charge in [-0.2, -0.15) is 0 Å². The first-order valence-corrected chi connectivity index (χ1v) is 7.83. The summed E-state index contributed by atoms with van der Waals surface area (Å²) in [4.78, 5) is 24.4. The summed E-state index contributed by atoms with van der Waals surface area (Å²) in [6, 6.07) is 9.64. The van der Waals surface area contributed by atoms with Gasteiger partial charge in [-0.3, -0.25) is 9.59 Å². The van der Waals surface area contributed by atoms with Crippen LogP contribution in [0, 0.1) is 5.82 Å². The Bertz CT molecular complexity index is 776. The quantitative estimate of drug-likeness (QED) is 0.768. The summed E-state index contributed by atoms with van der Waals surface area (Å²) in [5.74, 6) is -0.474. The van der Waals surface area contributed by atoms with Crippen molar-refractivity contribution in [3.63, 3.8) is 0 Å². The van der Waals surface area contributed by atoms with Gasteiger partial charge >= 0.3 is 5.97 Å². The molecule has 0 aliphatic heterocycles. The lowest BCUT2D eigenvalue weighted by Gasteiger charge is -2.19. The molecule has 0 aliphatic carbocycles. The van der Waals surface area contributed by atoms with E-state index in [9.17, 15) is 14.0 Å². The molecule has 0 aromatic heterocycles. The van der Waals surface area contributed by atoms with Gasteiger partial charge in [0.25, 0.3) is 5.91 Å². The molecule has 0 spiro atoms. The van der Waals surface area contributed by atoms with Gasteiger partial charge in [0.05, 0.1) is 39.4 Å². The molecule has 1 amide bonds. The van der Waals surface area contributed by atoms with Crippen LogP contribution in [0.3, 0.4) is 0 Å². The highest BCUT2D eigenvalue weighted by Gasteiger charge is 2.22. The first-order valence-electron chi connectivity index (χ1n) is 7.83. The largest absolute Gasteiger partial charge is 0.497 e. The van der Waals surface area contributed by atoms with Crippen LogP contribution in [0.15, 0.2) is 42.5 Å². The molecule has 0 radical (unpaired) electrons. The van der Waals surface area contributed by atoms with Crippen molar-refractivity contribution >= 4 is 11.9 Å². The van der Waals surface area contributed by atoms with Gasteiger partial charge in [-0.05, 0) is 29.8 Å². The fourth-order valence-electron chi connectivity index (χ4n) is 2.42. The fourth-order valence-corrected chi connectivity index (χ4v) is 2.42. The van der Waals surface area contributed by atoms with Gasteiger partial charge in [-0.15, -0.1) is 0 Å². The molecule has 6 nitrogen and oxygen atoms in total. The lowest BCUT2D eigenvalue weighted by molar-refractivity contribution is -0.141. The van der Waals surface area contributed by atoms with Gasteiger partial charge in [-0.25, -0.2) is 4.39 Å². The van der Waals surface area contributed by atoms with Crippen LogP contribution in [-0.4, -0.2) is 33.2 Å². The summed E-state index contributed by atoms with van der Waals surface area (Å²) in [5.41, 5.74) is 0.864. The smallest absolute Gasteiger partial charge is 0.307 e. The second kappa shape index (κ2) is 8.84. The molecule has 0 saturated heterocycles. The van der Waals surface area contributed by atoms with Crippen molar-refractivity contribution < 1.29 is 28.2 Å². The average Bonchev–Trinajstić information content (AvgIpc) is 2.67. The van der Waals surface area contributed by atoms with Crippen molar-refractivity contribution in [2.75, 3.05) is 21.3 Å². The Labute approximate surface area is 150 Å². The zero-order valence-electron chi connectivity index (χ0n) is 14.7. The van der Waals surface area contributed by atoms with E-state index in [4.69, 9.17) is 9.47 Å². The van der Waals surface area contributed by atoms with Crippen molar-refractivity contribution in [1.82, 2.24) is 5.32 Å². The van der Waals surface area contributed by atoms with Gasteiger partial charge in [0, 0.05) is 6.07 Å². The molecule has 7 heteroatoms. The molecule has 26 heavy (non-hydrogen) atoms. The van der Waals surface area contributed by atoms with E-state index in [0.29, 0.717) is 17.1 Å². The third-order valence-corrected chi connectivity index (χ3v) is 3.83. The second-order valence-electron chi connectivity index (χ2n) is 5.42. The number of methoxy groups -OCH3 is 3. The van der Waals surface area contributed by atoms with Crippen molar-refractivity contribution in [3.05, 3.63) is 59.4 Å². The highest BCUT2D eigenvalue weighted by atomic mass is 19.1. The predicted molar refractivity (Wildman–Crippen MR) is 92.8 cm³/mol. The summed E-state index contributed by atoms with van der Waals surface area (Å²) in [7, 11) is 4.21.